The van der Waals surface area contributed by atoms with Crippen molar-refractivity contribution in [1.29, 1.82) is 5.26 Å². The number of hydrogen-bond donors (Lipinski definition) is 0. The normalized spacial score (nSPS) is 13.1. The first-order valence-corrected chi connectivity index (χ1v) is 6.74. The molecule has 2 rings (SSSR count). The van der Waals surface area contributed by atoms with Gasteiger partial charge in [-0.15, -0.1) is 6.58 Å². The number of benzene rings is 1. The Labute approximate surface area is 124 Å². The van der Waals surface area contributed by atoms with Crippen molar-refractivity contribution in [2.45, 2.75) is 24.8 Å². The number of ether oxygens (including phenoxy) is 1. The molecule has 0 amide bonds. The highest BCUT2D eigenvalue weighted by Crippen LogP contribution is 2.36. The summed E-state index contributed by atoms with van der Waals surface area (Å²) in [4.78, 5) is 3.95. The van der Waals surface area contributed by atoms with E-state index in [1.54, 1.807) is 18.1 Å². The van der Waals surface area contributed by atoms with E-state index in [1.165, 1.54) is 6.33 Å². The van der Waals surface area contributed by atoms with Crippen LogP contribution in [0.25, 0.3) is 0 Å². The van der Waals surface area contributed by atoms with E-state index < -0.39 is 5.41 Å². The zero-order valence-electron chi connectivity index (χ0n) is 12.1. The van der Waals surface area contributed by atoms with E-state index in [0.717, 1.165) is 12.0 Å². The maximum atomic E-state index is 9.87. The molecule has 1 heterocycles. The van der Waals surface area contributed by atoms with Crippen molar-refractivity contribution in [3.05, 3.63) is 55.1 Å². The first-order chi connectivity index (χ1) is 10.3. The van der Waals surface area contributed by atoms with Crippen molar-refractivity contribution < 1.29 is 4.74 Å². The Kier molecular flexibility index (Phi) is 4.72. The second kappa shape index (κ2) is 6.71. The summed E-state index contributed by atoms with van der Waals surface area (Å²) in [5, 5.41) is 14.0. The van der Waals surface area contributed by atoms with Gasteiger partial charge in [0.15, 0.2) is 0 Å². The molecule has 1 aromatic carbocycles. The lowest BCUT2D eigenvalue weighted by molar-refractivity contribution is 0.364. The van der Waals surface area contributed by atoms with Crippen molar-refractivity contribution in [2.75, 3.05) is 7.11 Å². The fourth-order valence-corrected chi connectivity index (χ4v) is 2.43. The van der Waals surface area contributed by atoms with Crippen LogP contribution in [-0.4, -0.2) is 21.9 Å². The largest absolute Gasteiger partial charge is 0.496 e. The summed E-state index contributed by atoms with van der Waals surface area (Å²) in [6, 6.07) is 10.1. The van der Waals surface area contributed by atoms with Gasteiger partial charge in [-0.3, -0.25) is 4.68 Å². The van der Waals surface area contributed by atoms with Crippen LogP contribution in [0, 0.1) is 11.3 Å². The zero-order chi connectivity index (χ0) is 15.1. The predicted octanol–water partition coefficient (Wildman–Crippen LogP) is 2.71. The zero-order valence-corrected chi connectivity index (χ0v) is 12.1. The smallest absolute Gasteiger partial charge is 0.137 e. The van der Waals surface area contributed by atoms with Crippen LogP contribution in [0.3, 0.4) is 0 Å². The molecule has 0 aliphatic heterocycles. The molecule has 0 aliphatic carbocycles. The molecule has 0 spiro atoms. The van der Waals surface area contributed by atoms with E-state index in [0.29, 0.717) is 18.7 Å². The van der Waals surface area contributed by atoms with Gasteiger partial charge in [0, 0.05) is 5.56 Å². The van der Waals surface area contributed by atoms with Gasteiger partial charge < -0.3 is 4.74 Å². The first-order valence-electron chi connectivity index (χ1n) is 6.74. The van der Waals surface area contributed by atoms with Crippen LogP contribution in [0.5, 0.6) is 5.75 Å². The lowest BCUT2D eigenvalue weighted by Crippen LogP contribution is -2.31. The van der Waals surface area contributed by atoms with Crippen LogP contribution < -0.4 is 4.74 Å². The first kappa shape index (κ1) is 14.8. The third-order valence-corrected chi connectivity index (χ3v) is 3.51. The topological polar surface area (TPSA) is 63.7 Å². The maximum absolute atomic E-state index is 9.87. The molecule has 5 nitrogen and oxygen atoms in total. The Morgan fingerprint density at radius 3 is 2.90 bits per heavy atom. The SMILES string of the molecule is C=CCCC(C#N)(Cn1cncn1)c1ccccc1OC. The molecule has 108 valence electrons. The van der Waals surface area contributed by atoms with E-state index in [2.05, 4.69) is 22.7 Å². The van der Waals surface area contributed by atoms with Crippen molar-refractivity contribution in [1.82, 2.24) is 14.8 Å². The summed E-state index contributed by atoms with van der Waals surface area (Å²) in [7, 11) is 1.62. The van der Waals surface area contributed by atoms with Crippen molar-refractivity contribution in [2.24, 2.45) is 0 Å². The van der Waals surface area contributed by atoms with Crippen LogP contribution >= 0.6 is 0 Å². The number of para-hydroxylation sites is 1. The van der Waals surface area contributed by atoms with Gasteiger partial charge in [0.1, 0.15) is 23.8 Å². The average molecular weight is 282 g/mol. The van der Waals surface area contributed by atoms with E-state index in [9.17, 15) is 5.26 Å². The van der Waals surface area contributed by atoms with Crippen LogP contribution in [0.4, 0.5) is 0 Å². The lowest BCUT2D eigenvalue weighted by Gasteiger charge is -2.28. The Morgan fingerprint density at radius 2 is 2.29 bits per heavy atom. The molecular weight excluding hydrogens is 264 g/mol. The average Bonchev–Trinajstić information content (AvgIpc) is 3.04. The van der Waals surface area contributed by atoms with Crippen molar-refractivity contribution in [3.8, 4) is 11.8 Å². The quantitative estimate of drug-likeness (QED) is 0.732. The molecule has 1 atom stereocenters. The molecule has 21 heavy (non-hydrogen) atoms. The highest BCUT2D eigenvalue weighted by molar-refractivity contribution is 5.43. The van der Waals surface area contributed by atoms with Crippen molar-refractivity contribution in [3.63, 3.8) is 0 Å². The monoisotopic (exact) mass is 282 g/mol. The second-order valence-corrected chi connectivity index (χ2v) is 4.81. The van der Waals surface area contributed by atoms with Gasteiger partial charge in [-0.05, 0) is 18.9 Å². The molecule has 0 saturated heterocycles. The Balaban J connectivity index is 2.48. The third kappa shape index (κ3) is 3.11. The third-order valence-electron chi connectivity index (χ3n) is 3.51. The fraction of sp³-hybridized carbons (Fsp3) is 0.312. The van der Waals surface area contributed by atoms with Gasteiger partial charge >= 0.3 is 0 Å². The Bertz CT molecular complexity index is 630. The molecule has 1 aromatic heterocycles. The van der Waals surface area contributed by atoms with Gasteiger partial charge in [-0.2, -0.15) is 10.4 Å². The molecular formula is C16H18N4O. The molecule has 2 aromatic rings. The predicted molar refractivity (Wildman–Crippen MR) is 79.7 cm³/mol. The van der Waals surface area contributed by atoms with Crippen LogP contribution in [0.2, 0.25) is 0 Å². The van der Waals surface area contributed by atoms with E-state index in [1.807, 2.05) is 30.3 Å². The van der Waals surface area contributed by atoms with Crippen LogP contribution in [0.1, 0.15) is 18.4 Å². The summed E-state index contributed by atoms with van der Waals surface area (Å²) in [6.07, 6.45) is 6.30. The molecule has 0 N–H and O–H groups in total. The summed E-state index contributed by atoms with van der Waals surface area (Å²) >= 11 is 0. The minimum absolute atomic E-state index is 0.428. The standard InChI is InChI=1S/C16H18N4O/c1-3-4-9-16(10-17,11-20-13-18-12-19-20)14-7-5-6-8-15(14)21-2/h3,5-8,12-13H,1,4,9,11H2,2H3. The van der Waals surface area contributed by atoms with Crippen LogP contribution in [-0.2, 0) is 12.0 Å². The molecule has 0 aliphatic rings. The van der Waals surface area contributed by atoms with E-state index >= 15 is 0 Å². The number of hydrogen-bond acceptors (Lipinski definition) is 4. The molecule has 0 bridgehead atoms. The summed E-state index contributed by atoms with van der Waals surface area (Å²) in [6.45, 7) is 4.18. The Hall–Kier alpha value is -2.61. The van der Waals surface area contributed by atoms with Gasteiger partial charge in [0.25, 0.3) is 0 Å². The molecule has 0 saturated carbocycles. The molecule has 1 unspecified atom stereocenters. The van der Waals surface area contributed by atoms with E-state index in [4.69, 9.17) is 4.74 Å². The van der Waals surface area contributed by atoms with Gasteiger partial charge in [-0.25, -0.2) is 4.98 Å². The summed E-state index contributed by atoms with van der Waals surface area (Å²) < 4.78 is 7.11. The van der Waals surface area contributed by atoms with Crippen molar-refractivity contribution >= 4 is 0 Å². The highest BCUT2D eigenvalue weighted by atomic mass is 16.5. The van der Waals surface area contributed by atoms with Gasteiger partial charge in [0.05, 0.1) is 19.7 Å². The minimum atomic E-state index is -0.728. The number of methoxy groups -OCH3 is 1. The number of allylic oxidation sites excluding steroid dienone is 1. The molecule has 5 heteroatoms. The number of aromatic nitrogens is 3. The second-order valence-electron chi connectivity index (χ2n) is 4.81. The number of rotatable bonds is 7. The number of nitriles is 1. The summed E-state index contributed by atoms with van der Waals surface area (Å²) in [5.41, 5.74) is 0.140. The highest BCUT2D eigenvalue weighted by Gasteiger charge is 2.35. The lowest BCUT2D eigenvalue weighted by atomic mass is 9.77. The van der Waals surface area contributed by atoms with Crippen LogP contribution in [0.15, 0.2) is 49.6 Å². The summed E-state index contributed by atoms with van der Waals surface area (Å²) in [5.74, 6) is 0.711. The maximum Gasteiger partial charge on any atom is 0.137 e. The minimum Gasteiger partial charge on any atom is -0.496 e. The Morgan fingerprint density at radius 1 is 1.48 bits per heavy atom. The van der Waals surface area contributed by atoms with E-state index in [-0.39, 0.29) is 0 Å². The van der Waals surface area contributed by atoms with Gasteiger partial charge in [-0.1, -0.05) is 24.3 Å². The molecule has 0 fully saturated rings. The number of nitrogens with zero attached hydrogens (tertiary/aromatic N) is 4. The van der Waals surface area contributed by atoms with Gasteiger partial charge in [0.2, 0.25) is 0 Å². The molecule has 0 radical (unpaired) electrons. The fourth-order valence-electron chi connectivity index (χ4n) is 2.43.